The molecule has 238 valence electrons. The number of hydrogen-bond donors (Lipinski definition) is 0. The molecule has 0 unspecified atom stereocenters. The molecule has 2 atom stereocenters. The highest BCUT2D eigenvalue weighted by Gasteiger charge is 2.64. The van der Waals surface area contributed by atoms with E-state index >= 15 is 0 Å². The van der Waals surface area contributed by atoms with Gasteiger partial charge in [0.15, 0.2) is 0 Å². The lowest BCUT2D eigenvalue weighted by molar-refractivity contribution is -0.277. The Morgan fingerprint density at radius 3 is 1.72 bits per heavy atom. The minimum atomic E-state index is -5.04. The molecule has 47 heavy (non-hydrogen) atoms. The molecule has 0 spiro atoms. The highest BCUT2D eigenvalue weighted by molar-refractivity contribution is 7.10. The first-order valence-electron chi connectivity index (χ1n) is 14.8. The van der Waals surface area contributed by atoms with E-state index in [0.717, 1.165) is 7.11 Å². The number of alkyl halides is 3. The van der Waals surface area contributed by atoms with Crippen molar-refractivity contribution in [3.8, 4) is 47.0 Å². The maximum Gasteiger partial charge on any atom is 0.432 e. The minimum absolute atomic E-state index is 0.110. The monoisotopic (exact) mass is 648 g/mol. The first-order chi connectivity index (χ1) is 22.4. The van der Waals surface area contributed by atoms with Gasteiger partial charge >= 0.3 is 12.1 Å². The van der Waals surface area contributed by atoms with Crippen molar-refractivity contribution >= 4 is 24.4 Å². The van der Waals surface area contributed by atoms with Gasteiger partial charge in [-0.2, -0.15) is 13.2 Å². The van der Waals surface area contributed by atoms with Gasteiger partial charge in [-0.05, 0) is 70.0 Å². The van der Waals surface area contributed by atoms with E-state index in [2.05, 4.69) is 92.0 Å². The molecule has 3 rings (SSSR count). The number of allylic oxidation sites excluding steroid dienone is 3. The van der Waals surface area contributed by atoms with Crippen molar-refractivity contribution in [2.75, 3.05) is 7.11 Å². The summed E-state index contributed by atoms with van der Waals surface area (Å²) >= 11 is 0. The molecule has 0 radical (unpaired) electrons. The molecule has 7 heteroatoms. The van der Waals surface area contributed by atoms with E-state index in [-0.39, 0.29) is 10.6 Å². The predicted octanol–water partition coefficient (Wildman–Crippen LogP) is 6.75. The maximum atomic E-state index is 14.0. The Morgan fingerprint density at radius 2 is 1.23 bits per heavy atom. The number of benzene rings is 3. The van der Waals surface area contributed by atoms with Gasteiger partial charge < -0.3 is 9.47 Å². The largest absolute Gasteiger partial charge is 0.456 e. The Bertz CT molecular complexity index is 1770. The minimum Gasteiger partial charge on any atom is -0.456 e. The summed E-state index contributed by atoms with van der Waals surface area (Å²) < 4.78 is 51.9. The van der Waals surface area contributed by atoms with Gasteiger partial charge in [0, 0.05) is 12.7 Å². The van der Waals surface area contributed by atoms with E-state index in [9.17, 15) is 18.0 Å². The summed E-state index contributed by atoms with van der Waals surface area (Å²) in [7, 11) is -1.71. The highest BCUT2D eigenvalue weighted by Crippen LogP contribution is 2.43. The van der Waals surface area contributed by atoms with Crippen LogP contribution in [0.5, 0.6) is 0 Å². The smallest absolute Gasteiger partial charge is 0.432 e. The lowest BCUT2D eigenvalue weighted by atomic mass is 9.92. The normalized spacial score (nSPS) is 13.4. The molecule has 0 aromatic heterocycles. The van der Waals surface area contributed by atoms with Crippen LogP contribution in [-0.4, -0.2) is 33.4 Å². The summed E-state index contributed by atoms with van der Waals surface area (Å²) in [6, 6.07) is 27.4. The van der Waals surface area contributed by atoms with E-state index in [4.69, 9.17) is 9.47 Å². The van der Waals surface area contributed by atoms with Crippen molar-refractivity contribution in [3.63, 3.8) is 0 Å². The van der Waals surface area contributed by atoms with E-state index < -0.39 is 31.9 Å². The van der Waals surface area contributed by atoms with Crippen molar-refractivity contribution in [2.45, 2.75) is 50.6 Å². The summed E-state index contributed by atoms with van der Waals surface area (Å²) in [5.74, 6) is 17.8. The van der Waals surface area contributed by atoms with Gasteiger partial charge in [0.25, 0.3) is 5.60 Å². The van der Waals surface area contributed by atoms with Gasteiger partial charge in [0.2, 0.25) is 8.07 Å². The zero-order valence-electron chi connectivity index (χ0n) is 26.9. The fourth-order valence-corrected chi connectivity index (χ4v) is 9.43. The number of rotatable bonds is 8. The van der Waals surface area contributed by atoms with E-state index in [1.807, 2.05) is 36.4 Å². The fourth-order valence-electron chi connectivity index (χ4n) is 5.07. The maximum absolute atomic E-state index is 14.0. The van der Waals surface area contributed by atoms with Gasteiger partial charge in [-0.1, -0.05) is 130 Å². The summed E-state index contributed by atoms with van der Waals surface area (Å²) in [6.45, 7) is 8.10. The molecule has 0 aliphatic rings. The van der Waals surface area contributed by atoms with Crippen LogP contribution in [0.1, 0.15) is 33.3 Å². The lowest BCUT2D eigenvalue weighted by Gasteiger charge is -2.39. The lowest BCUT2D eigenvalue weighted by Crippen LogP contribution is -2.63. The average Bonchev–Trinajstić information content (AvgIpc) is 3.04. The number of methoxy groups -OCH3 is 1. The molecule has 0 fully saturated rings. The van der Waals surface area contributed by atoms with Crippen molar-refractivity contribution in [1.82, 2.24) is 0 Å². The standard InChI is InChI=1S/C40H35F3O3Si/c1-33(46-37(44)39(45-5,40(41,42)43)34-26-18-14-19-27-34)25-17-12-10-8-6-7-9-11-13-24-32-47(38(2,3)4,35-28-20-15-21-29-35)36-30-22-16-23-31-36/h10,12,14-23,25-31,33H,1-5H3/b12-10+,25-17+/t33-,39-/m1/s1. The summed E-state index contributed by atoms with van der Waals surface area (Å²) in [4.78, 5) is 12.7. The number of esters is 1. The molecule has 3 aromatic carbocycles. The topological polar surface area (TPSA) is 35.5 Å². The fraction of sp³-hybridized carbons (Fsp3) is 0.225. The zero-order valence-corrected chi connectivity index (χ0v) is 27.9. The van der Waals surface area contributed by atoms with Crippen LogP contribution in [-0.2, 0) is 19.9 Å². The Morgan fingerprint density at radius 1 is 0.745 bits per heavy atom. The van der Waals surface area contributed by atoms with Gasteiger partial charge in [-0.15, -0.1) is 5.54 Å². The molecule has 0 saturated heterocycles. The van der Waals surface area contributed by atoms with Crippen LogP contribution in [0.4, 0.5) is 13.2 Å². The van der Waals surface area contributed by atoms with Crippen LogP contribution in [0.15, 0.2) is 115 Å². The SMILES string of the molecule is CO[C@@](C(=O)O[C@H](C)/C=C/C=C/C#CC#CC#CC#C[Si](c1ccccc1)(c1ccccc1)C(C)(C)C)(c1ccccc1)C(F)(F)F. The molecular formula is C40H35F3O3Si. The van der Waals surface area contributed by atoms with Crippen LogP contribution < -0.4 is 10.4 Å². The van der Waals surface area contributed by atoms with Crippen LogP contribution in [0.3, 0.4) is 0 Å². The molecule has 0 amide bonds. The van der Waals surface area contributed by atoms with E-state index in [1.54, 1.807) is 6.08 Å². The first kappa shape index (κ1) is 36.3. The summed E-state index contributed by atoms with van der Waals surface area (Å²) in [5, 5.41) is 2.33. The predicted molar refractivity (Wildman–Crippen MR) is 184 cm³/mol. The molecule has 0 bridgehead atoms. The first-order valence-corrected chi connectivity index (χ1v) is 16.8. The number of ether oxygens (including phenoxy) is 2. The van der Waals surface area contributed by atoms with Crippen LogP contribution in [0, 0.1) is 47.0 Å². The molecule has 3 nitrogen and oxygen atoms in total. The van der Waals surface area contributed by atoms with Crippen molar-refractivity contribution in [1.29, 1.82) is 0 Å². The van der Waals surface area contributed by atoms with Gasteiger partial charge in [0.05, 0.1) is 0 Å². The third-order valence-corrected chi connectivity index (χ3v) is 12.5. The zero-order chi connectivity index (χ0) is 34.4. The summed E-state index contributed by atoms with van der Waals surface area (Å²) in [6.07, 6.45) is -0.0507. The van der Waals surface area contributed by atoms with Crippen LogP contribution in [0.25, 0.3) is 0 Å². The molecule has 3 aromatic rings. The molecule has 0 heterocycles. The Balaban J connectivity index is 1.67. The summed E-state index contributed by atoms with van der Waals surface area (Å²) in [5.41, 5.74) is -0.0380. The molecule has 0 aliphatic heterocycles. The molecule has 0 aliphatic carbocycles. The van der Waals surface area contributed by atoms with Crippen LogP contribution in [0.2, 0.25) is 5.04 Å². The van der Waals surface area contributed by atoms with Gasteiger partial charge in [-0.25, -0.2) is 4.79 Å². The number of carbonyl (C=O) groups excluding carboxylic acids is 1. The second kappa shape index (κ2) is 16.4. The third kappa shape index (κ3) is 8.75. The second-order valence-electron chi connectivity index (χ2n) is 11.4. The van der Waals surface area contributed by atoms with Gasteiger partial charge in [0.1, 0.15) is 6.10 Å². The number of hydrogen-bond acceptors (Lipinski definition) is 3. The highest BCUT2D eigenvalue weighted by atomic mass is 28.3. The number of carbonyl (C=O) groups is 1. The van der Waals surface area contributed by atoms with Gasteiger partial charge in [-0.3, -0.25) is 0 Å². The Labute approximate surface area is 276 Å². The molecule has 0 N–H and O–H groups in total. The van der Waals surface area contributed by atoms with E-state index in [1.165, 1.54) is 65.9 Å². The second-order valence-corrected chi connectivity index (χ2v) is 15.8. The van der Waals surface area contributed by atoms with Crippen LogP contribution >= 0.6 is 0 Å². The quantitative estimate of drug-likeness (QED) is 0.117. The Kier molecular flexibility index (Phi) is 12.7. The van der Waals surface area contributed by atoms with Crippen molar-refractivity contribution in [2.24, 2.45) is 0 Å². The number of halogens is 3. The molecule has 0 saturated carbocycles. The van der Waals surface area contributed by atoms with Crippen molar-refractivity contribution in [3.05, 3.63) is 121 Å². The van der Waals surface area contributed by atoms with Crippen molar-refractivity contribution < 1.29 is 27.4 Å². The Hall–Kier alpha value is -5.18. The molecular weight excluding hydrogens is 614 g/mol. The van der Waals surface area contributed by atoms with E-state index in [0.29, 0.717) is 0 Å². The average molecular weight is 649 g/mol. The third-order valence-electron chi connectivity index (χ3n) is 7.31.